The highest BCUT2D eigenvalue weighted by atomic mass is 32.2. The predicted molar refractivity (Wildman–Crippen MR) is 160 cm³/mol. The van der Waals surface area contributed by atoms with Crippen molar-refractivity contribution in [2.45, 2.75) is 76.9 Å². The largest absolute Gasteiger partial charge is 0.418 e. The number of amides is 2. The number of aromatic nitrogens is 2. The molecule has 1 aliphatic rings. The maximum absolute atomic E-state index is 13.7. The average Bonchev–Trinajstić information content (AvgIpc) is 3.64. The van der Waals surface area contributed by atoms with Crippen LogP contribution in [0, 0.1) is 18.8 Å². The van der Waals surface area contributed by atoms with E-state index in [2.05, 4.69) is 20.2 Å². The number of hydrogen-bond acceptors (Lipinski definition) is 8. The van der Waals surface area contributed by atoms with E-state index in [9.17, 15) is 22.8 Å². The van der Waals surface area contributed by atoms with Crippen molar-refractivity contribution < 1.29 is 27.2 Å². The molecule has 230 valence electrons. The van der Waals surface area contributed by atoms with Crippen LogP contribution in [0.1, 0.15) is 68.2 Å². The molecule has 4 rings (SSSR count). The number of aryl methyl sites for hydroxylation is 1. The highest BCUT2D eigenvalue weighted by molar-refractivity contribution is 7.89. The second-order valence-electron chi connectivity index (χ2n) is 11.6. The standard InChI is InChI=1S/C31H39N5O6S/c1-19(2)26(28(37)30-34-33-25(42-30)18-22-12-9-11-21(5)17-22)32-29(38)24-15-10-16-36(24)31(39)27(20(3)4)35-43(40,41)23-13-7-6-8-14-23/h6-9,11-14,17,19-20,24,26-27,35H,10,15-16,18H2,1-5H3,(H,32,38)/t24-,26-,27-/m0/s1. The van der Waals surface area contributed by atoms with E-state index in [0.717, 1.165) is 11.1 Å². The Morgan fingerprint density at radius 2 is 1.67 bits per heavy atom. The third-order valence-electron chi connectivity index (χ3n) is 7.47. The summed E-state index contributed by atoms with van der Waals surface area (Å²) >= 11 is 0. The molecular weight excluding hydrogens is 570 g/mol. The Bertz CT molecular complexity index is 1550. The molecule has 1 aliphatic heterocycles. The normalized spacial score (nSPS) is 16.8. The van der Waals surface area contributed by atoms with Gasteiger partial charge in [-0.15, -0.1) is 10.2 Å². The predicted octanol–water partition coefficient (Wildman–Crippen LogP) is 3.29. The highest BCUT2D eigenvalue weighted by Crippen LogP contribution is 2.23. The molecule has 2 aromatic carbocycles. The van der Waals surface area contributed by atoms with Gasteiger partial charge in [0, 0.05) is 6.54 Å². The first-order valence-electron chi connectivity index (χ1n) is 14.5. The average molecular weight is 610 g/mol. The van der Waals surface area contributed by atoms with Crippen molar-refractivity contribution in [1.82, 2.24) is 25.1 Å². The lowest BCUT2D eigenvalue weighted by atomic mass is 9.98. The fourth-order valence-corrected chi connectivity index (χ4v) is 6.49. The molecule has 11 nitrogen and oxygen atoms in total. The Kier molecular flexibility index (Phi) is 10.1. The molecule has 0 saturated carbocycles. The summed E-state index contributed by atoms with van der Waals surface area (Å²) in [7, 11) is -3.98. The van der Waals surface area contributed by atoms with Gasteiger partial charge in [0.15, 0.2) is 0 Å². The van der Waals surface area contributed by atoms with Gasteiger partial charge in [0.25, 0.3) is 5.89 Å². The zero-order chi connectivity index (χ0) is 31.3. The molecule has 0 aliphatic carbocycles. The van der Waals surface area contributed by atoms with Crippen molar-refractivity contribution in [2.75, 3.05) is 6.54 Å². The minimum atomic E-state index is -3.98. The van der Waals surface area contributed by atoms with Gasteiger partial charge >= 0.3 is 0 Å². The Morgan fingerprint density at radius 1 is 0.977 bits per heavy atom. The van der Waals surface area contributed by atoms with Crippen LogP contribution < -0.4 is 10.0 Å². The first-order valence-corrected chi connectivity index (χ1v) is 16.0. The topological polar surface area (TPSA) is 152 Å². The van der Waals surface area contributed by atoms with Crippen LogP contribution >= 0.6 is 0 Å². The van der Waals surface area contributed by atoms with Gasteiger partial charge in [-0.05, 0) is 49.3 Å². The fourth-order valence-electron chi connectivity index (χ4n) is 5.13. The van der Waals surface area contributed by atoms with Gasteiger partial charge in [0.1, 0.15) is 12.1 Å². The van der Waals surface area contributed by atoms with Crippen LogP contribution in [0.15, 0.2) is 63.9 Å². The van der Waals surface area contributed by atoms with E-state index in [0.29, 0.717) is 25.8 Å². The van der Waals surface area contributed by atoms with Crippen LogP contribution in [0.25, 0.3) is 0 Å². The Hall–Kier alpha value is -3.90. The summed E-state index contributed by atoms with van der Waals surface area (Å²) in [5.74, 6) is -2.10. The molecule has 12 heteroatoms. The van der Waals surface area contributed by atoms with Gasteiger partial charge in [-0.1, -0.05) is 75.7 Å². The molecule has 1 fully saturated rings. The van der Waals surface area contributed by atoms with E-state index in [4.69, 9.17) is 4.42 Å². The SMILES string of the molecule is Cc1cccc(Cc2nnc(C(=O)[C@@H](NC(=O)[C@@H]3CCCN3C(=O)[C@@H](NS(=O)(=O)c3ccccc3)C(C)C)C(C)C)o2)c1. The van der Waals surface area contributed by atoms with E-state index >= 15 is 0 Å². The van der Waals surface area contributed by atoms with E-state index in [-0.39, 0.29) is 28.5 Å². The number of hydrogen-bond donors (Lipinski definition) is 2. The number of sulfonamides is 1. The molecule has 2 heterocycles. The van der Waals surface area contributed by atoms with E-state index in [1.807, 2.05) is 31.2 Å². The summed E-state index contributed by atoms with van der Waals surface area (Å²) in [6.45, 7) is 9.33. The summed E-state index contributed by atoms with van der Waals surface area (Å²) in [6.07, 6.45) is 1.31. The smallest absolute Gasteiger partial charge is 0.286 e. The van der Waals surface area contributed by atoms with Crippen molar-refractivity contribution in [3.8, 4) is 0 Å². The zero-order valence-corrected chi connectivity index (χ0v) is 25.9. The quantitative estimate of drug-likeness (QED) is 0.297. The minimum Gasteiger partial charge on any atom is -0.418 e. The zero-order valence-electron chi connectivity index (χ0n) is 25.1. The van der Waals surface area contributed by atoms with Crippen molar-refractivity contribution >= 4 is 27.6 Å². The molecule has 0 unspecified atom stereocenters. The van der Waals surface area contributed by atoms with Crippen LogP contribution in [0.4, 0.5) is 0 Å². The first kappa shape index (κ1) is 32.0. The summed E-state index contributed by atoms with van der Waals surface area (Å²) in [5, 5.41) is 10.8. The van der Waals surface area contributed by atoms with Crippen LogP contribution in [0.2, 0.25) is 0 Å². The van der Waals surface area contributed by atoms with Crippen molar-refractivity contribution in [1.29, 1.82) is 0 Å². The molecule has 3 aromatic rings. The lowest BCUT2D eigenvalue weighted by Crippen LogP contribution is -2.57. The van der Waals surface area contributed by atoms with Gasteiger partial charge in [-0.2, -0.15) is 4.72 Å². The second kappa shape index (κ2) is 13.6. The van der Waals surface area contributed by atoms with Gasteiger partial charge in [-0.25, -0.2) is 8.42 Å². The molecular formula is C31H39N5O6S. The van der Waals surface area contributed by atoms with Gasteiger partial charge in [-0.3, -0.25) is 14.4 Å². The maximum atomic E-state index is 13.7. The lowest BCUT2D eigenvalue weighted by Gasteiger charge is -2.31. The monoisotopic (exact) mass is 609 g/mol. The van der Waals surface area contributed by atoms with Crippen molar-refractivity contribution in [3.05, 3.63) is 77.5 Å². The van der Waals surface area contributed by atoms with Crippen LogP contribution in [-0.4, -0.2) is 65.8 Å². The maximum Gasteiger partial charge on any atom is 0.286 e. The summed E-state index contributed by atoms with van der Waals surface area (Å²) < 4.78 is 34.2. The third kappa shape index (κ3) is 7.74. The molecule has 1 aromatic heterocycles. The Labute approximate surface area is 252 Å². The van der Waals surface area contributed by atoms with Gasteiger partial charge in [0.2, 0.25) is 33.5 Å². The molecule has 0 spiro atoms. The molecule has 2 N–H and O–H groups in total. The number of rotatable bonds is 12. The summed E-state index contributed by atoms with van der Waals surface area (Å²) in [5.41, 5.74) is 2.05. The number of nitrogens with zero attached hydrogens (tertiary/aromatic N) is 3. The van der Waals surface area contributed by atoms with E-state index < -0.39 is 45.7 Å². The third-order valence-corrected chi connectivity index (χ3v) is 8.93. The number of nitrogens with one attached hydrogen (secondary N) is 2. The first-order chi connectivity index (χ1) is 20.4. The highest BCUT2D eigenvalue weighted by Gasteiger charge is 2.41. The lowest BCUT2D eigenvalue weighted by molar-refractivity contribution is -0.140. The Balaban J connectivity index is 1.46. The van der Waals surface area contributed by atoms with Gasteiger partial charge < -0.3 is 14.6 Å². The van der Waals surface area contributed by atoms with E-state index in [1.165, 1.54) is 17.0 Å². The molecule has 43 heavy (non-hydrogen) atoms. The number of ketones is 1. The molecule has 0 bridgehead atoms. The second-order valence-corrected chi connectivity index (χ2v) is 13.3. The molecule has 3 atom stereocenters. The fraction of sp³-hybridized carbons (Fsp3) is 0.452. The van der Waals surface area contributed by atoms with Crippen molar-refractivity contribution in [2.24, 2.45) is 11.8 Å². The number of carbonyl (C=O) groups excluding carboxylic acids is 3. The molecule has 1 saturated heterocycles. The van der Waals surface area contributed by atoms with Crippen LogP contribution in [-0.2, 0) is 26.0 Å². The molecule has 0 radical (unpaired) electrons. The number of benzene rings is 2. The molecule has 2 amide bonds. The van der Waals surface area contributed by atoms with Crippen LogP contribution in [0.3, 0.4) is 0 Å². The Morgan fingerprint density at radius 3 is 2.33 bits per heavy atom. The number of carbonyl (C=O) groups is 3. The van der Waals surface area contributed by atoms with Crippen molar-refractivity contribution in [3.63, 3.8) is 0 Å². The number of likely N-dealkylation sites (tertiary alicyclic amines) is 1. The minimum absolute atomic E-state index is 0.0468. The summed E-state index contributed by atoms with van der Waals surface area (Å²) in [6, 6.07) is 12.8. The van der Waals surface area contributed by atoms with Gasteiger partial charge in [0.05, 0.1) is 17.4 Å². The van der Waals surface area contributed by atoms with E-state index in [1.54, 1.807) is 45.9 Å². The van der Waals surface area contributed by atoms with Crippen LogP contribution in [0.5, 0.6) is 0 Å². The number of Topliss-reactive ketones (excluding diaryl/α,β-unsaturated/α-hetero) is 1. The summed E-state index contributed by atoms with van der Waals surface area (Å²) in [4.78, 5) is 42.0.